The zero-order valence-electron chi connectivity index (χ0n) is 25.6. The molecule has 1 aliphatic rings. The van der Waals surface area contributed by atoms with E-state index in [0.29, 0.717) is 17.5 Å². The summed E-state index contributed by atoms with van der Waals surface area (Å²) in [6.07, 6.45) is 0. The van der Waals surface area contributed by atoms with Gasteiger partial charge in [-0.3, -0.25) is 0 Å². The van der Waals surface area contributed by atoms with Crippen LogP contribution in [0.3, 0.4) is 0 Å². The van der Waals surface area contributed by atoms with Gasteiger partial charge in [-0.25, -0.2) is 15.0 Å². The molecule has 0 unspecified atom stereocenters. The largest absolute Gasteiger partial charge is 0.211 e. The van der Waals surface area contributed by atoms with Crippen LogP contribution in [0.5, 0.6) is 0 Å². The van der Waals surface area contributed by atoms with Crippen LogP contribution in [0.15, 0.2) is 176 Å². The number of benzene rings is 7. The average molecular weight is 600 g/mol. The molecule has 0 saturated heterocycles. The third-order valence-electron chi connectivity index (χ3n) is 9.39. The van der Waals surface area contributed by atoms with Gasteiger partial charge < -0.3 is 0 Å². The highest BCUT2D eigenvalue weighted by molar-refractivity contribution is 5.88. The average Bonchev–Trinajstić information content (AvgIpc) is 3.46. The molecule has 47 heavy (non-hydrogen) atoms. The van der Waals surface area contributed by atoms with E-state index in [1.54, 1.807) is 0 Å². The molecule has 0 radical (unpaired) electrons. The van der Waals surface area contributed by atoms with E-state index < -0.39 is 5.41 Å². The maximum atomic E-state index is 5.41. The number of aromatic nitrogens is 3. The van der Waals surface area contributed by atoms with E-state index in [2.05, 4.69) is 170 Å². The Labute approximate surface area is 273 Å². The zero-order valence-corrected chi connectivity index (χ0v) is 25.6. The van der Waals surface area contributed by atoms with Crippen molar-refractivity contribution >= 4 is 10.8 Å². The van der Waals surface area contributed by atoms with Crippen molar-refractivity contribution in [1.29, 1.82) is 0 Å². The van der Waals surface area contributed by atoms with Gasteiger partial charge in [0.05, 0.1) is 0 Å². The summed E-state index contributed by atoms with van der Waals surface area (Å²) in [7, 11) is 0. The van der Waals surface area contributed by atoms with Crippen molar-refractivity contribution in [3.05, 3.63) is 198 Å². The molecule has 1 heterocycles. The van der Waals surface area contributed by atoms with Crippen LogP contribution in [0.25, 0.3) is 55.8 Å². The molecule has 0 fully saturated rings. The molecule has 220 valence electrons. The molecule has 7 aromatic carbocycles. The van der Waals surface area contributed by atoms with E-state index in [1.165, 1.54) is 33.2 Å². The number of rotatable bonds is 5. The molecule has 3 nitrogen and oxygen atoms in total. The molecule has 0 N–H and O–H groups in total. The summed E-state index contributed by atoms with van der Waals surface area (Å²) in [6.45, 7) is 0. The SMILES string of the molecule is c1ccc(-c2ccc(-c3nc(-c4ccc5ccccc5c4)nc(C4(c5ccccc5)c5ccccc5-c5ccccc54)n3)cc2)cc1. The third kappa shape index (κ3) is 4.39. The van der Waals surface area contributed by atoms with Crippen LogP contribution in [0.1, 0.15) is 22.5 Å². The quantitative estimate of drug-likeness (QED) is 0.198. The van der Waals surface area contributed by atoms with E-state index in [9.17, 15) is 0 Å². The highest BCUT2D eigenvalue weighted by Gasteiger charge is 2.48. The zero-order chi connectivity index (χ0) is 31.2. The summed E-state index contributed by atoms with van der Waals surface area (Å²) in [5.74, 6) is 2.01. The Morgan fingerprint density at radius 3 is 1.51 bits per heavy atom. The Balaban J connectivity index is 1.33. The lowest BCUT2D eigenvalue weighted by molar-refractivity contribution is 0.692. The van der Waals surface area contributed by atoms with Crippen LogP contribution in [0.4, 0.5) is 0 Å². The fourth-order valence-electron chi connectivity index (χ4n) is 7.18. The summed E-state index contributed by atoms with van der Waals surface area (Å²) < 4.78 is 0. The maximum absolute atomic E-state index is 5.41. The minimum absolute atomic E-state index is 0.648. The maximum Gasteiger partial charge on any atom is 0.163 e. The fourth-order valence-corrected chi connectivity index (χ4v) is 7.18. The lowest BCUT2D eigenvalue weighted by Gasteiger charge is -2.32. The van der Waals surface area contributed by atoms with Crippen molar-refractivity contribution < 1.29 is 0 Å². The van der Waals surface area contributed by atoms with Gasteiger partial charge in [0.1, 0.15) is 5.41 Å². The highest BCUT2D eigenvalue weighted by Crippen LogP contribution is 2.55. The van der Waals surface area contributed by atoms with Gasteiger partial charge in [-0.15, -0.1) is 0 Å². The second kappa shape index (κ2) is 11.0. The summed E-state index contributed by atoms with van der Waals surface area (Å²) in [5.41, 5.74) is 9.37. The van der Waals surface area contributed by atoms with Gasteiger partial charge in [0.2, 0.25) is 0 Å². The van der Waals surface area contributed by atoms with Crippen LogP contribution in [0.2, 0.25) is 0 Å². The first kappa shape index (κ1) is 27.1. The smallest absolute Gasteiger partial charge is 0.163 e. The molecular formula is C44H29N3. The van der Waals surface area contributed by atoms with Gasteiger partial charge in [0, 0.05) is 11.1 Å². The number of fused-ring (bicyclic) bond motifs is 4. The van der Waals surface area contributed by atoms with Crippen molar-refractivity contribution in [3.63, 3.8) is 0 Å². The van der Waals surface area contributed by atoms with Crippen LogP contribution >= 0.6 is 0 Å². The standard InChI is InChI=1S/C44H29N3/c1-3-13-30(14-4-1)32-23-26-33(27-24-32)41-45-42(35-28-25-31-15-7-8-16-34(31)29-35)47-43(46-41)44(36-17-5-2-6-18-36)39-21-11-9-19-37(39)38-20-10-12-22-40(38)44/h1-29H. The van der Waals surface area contributed by atoms with Gasteiger partial charge in [-0.05, 0) is 55.8 Å². The molecule has 0 atom stereocenters. The lowest BCUT2D eigenvalue weighted by Crippen LogP contribution is -2.31. The summed E-state index contributed by atoms with van der Waals surface area (Å²) in [4.78, 5) is 16.0. The summed E-state index contributed by atoms with van der Waals surface area (Å²) in [6, 6.07) is 61.9. The molecule has 8 aromatic rings. The van der Waals surface area contributed by atoms with Crippen molar-refractivity contribution in [3.8, 4) is 45.0 Å². The van der Waals surface area contributed by atoms with E-state index >= 15 is 0 Å². The lowest BCUT2D eigenvalue weighted by atomic mass is 9.71. The first-order valence-electron chi connectivity index (χ1n) is 16.0. The molecule has 0 bridgehead atoms. The van der Waals surface area contributed by atoms with Gasteiger partial charge in [0.15, 0.2) is 17.5 Å². The molecule has 3 heteroatoms. The highest BCUT2D eigenvalue weighted by atomic mass is 15.0. The van der Waals surface area contributed by atoms with Gasteiger partial charge in [-0.2, -0.15) is 0 Å². The van der Waals surface area contributed by atoms with Crippen LogP contribution < -0.4 is 0 Å². The van der Waals surface area contributed by atoms with Gasteiger partial charge in [-0.1, -0.05) is 170 Å². The Morgan fingerprint density at radius 1 is 0.340 bits per heavy atom. The van der Waals surface area contributed by atoms with Crippen LogP contribution in [-0.2, 0) is 5.41 Å². The first-order valence-corrected chi connectivity index (χ1v) is 16.0. The predicted molar refractivity (Wildman–Crippen MR) is 191 cm³/mol. The van der Waals surface area contributed by atoms with E-state index in [1.807, 2.05) is 6.07 Å². The fraction of sp³-hybridized carbons (Fsp3) is 0.0227. The molecule has 0 amide bonds. The molecule has 0 saturated carbocycles. The minimum Gasteiger partial charge on any atom is -0.211 e. The number of hydrogen-bond donors (Lipinski definition) is 0. The Hall–Kier alpha value is -6.19. The molecule has 1 aromatic heterocycles. The molecule has 9 rings (SSSR count). The first-order chi connectivity index (χ1) is 23.3. The van der Waals surface area contributed by atoms with E-state index in [4.69, 9.17) is 15.0 Å². The van der Waals surface area contributed by atoms with Gasteiger partial charge >= 0.3 is 0 Å². The van der Waals surface area contributed by atoms with Crippen LogP contribution in [-0.4, -0.2) is 15.0 Å². The van der Waals surface area contributed by atoms with E-state index in [-0.39, 0.29) is 0 Å². The van der Waals surface area contributed by atoms with E-state index in [0.717, 1.165) is 27.6 Å². The van der Waals surface area contributed by atoms with Crippen molar-refractivity contribution in [2.45, 2.75) is 5.41 Å². The van der Waals surface area contributed by atoms with Crippen molar-refractivity contribution in [2.24, 2.45) is 0 Å². The normalized spacial score (nSPS) is 12.9. The van der Waals surface area contributed by atoms with Gasteiger partial charge in [0.25, 0.3) is 0 Å². The molecular weight excluding hydrogens is 571 g/mol. The summed E-state index contributed by atoms with van der Waals surface area (Å²) in [5, 5.41) is 2.33. The Bertz CT molecular complexity index is 2350. The molecule has 0 aliphatic heterocycles. The van der Waals surface area contributed by atoms with Crippen molar-refractivity contribution in [1.82, 2.24) is 15.0 Å². The van der Waals surface area contributed by atoms with Crippen LogP contribution in [0, 0.1) is 0 Å². The second-order valence-corrected chi connectivity index (χ2v) is 12.0. The topological polar surface area (TPSA) is 38.7 Å². The third-order valence-corrected chi connectivity index (χ3v) is 9.39. The molecule has 1 aliphatic carbocycles. The van der Waals surface area contributed by atoms with Crippen molar-refractivity contribution in [2.75, 3.05) is 0 Å². The molecule has 0 spiro atoms. The minimum atomic E-state index is -0.734. The number of hydrogen-bond acceptors (Lipinski definition) is 3. The Kier molecular flexibility index (Phi) is 6.36. The second-order valence-electron chi connectivity index (χ2n) is 12.0. The summed E-state index contributed by atoms with van der Waals surface area (Å²) >= 11 is 0. The monoisotopic (exact) mass is 599 g/mol. The Morgan fingerprint density at radius 2 is 0.830 bits per heavy atom. The predicted octanol–water partition coefficient (Wildman–Crippen LogP) is 10.4. The number of nitrogens with zero attached hydrogens (tertiary/aromatic N) is 3.